The number of rotatable bonds is 0. The molecule has 0 bridgehead atoms. The minimum atomic E-state index is -0.813. The van der Waals surface area contributed by atoms with E-state index >= 15 is 0 Å². The van der Waals surface area contributed by atoms with Gasteiger partial charge in [0.25, 0.3) is 0 Å². The van der Waals surface area contributed by atoms with E-state index in [0.29, 0.717) is 4.60 Å². The van der Waals surface area contributed by atoms with Gasteiger partial charge in [0.2, 0.25) is 0 Å². The molecule has 0 radical (unpaired) electrons. The third-order valence-electron chi connectivity index (χ3n) is 0.448. The number of aromatic nitrogens is 1. The summed E-state index contributed by atoms with van der Waals surface area (Å²) >= 11 is 2.89. The summed E-state index contributed by atoms with van der Waals surface area (Å²) in [5, 5.41) is 0. The Kier molecular flexibility index (Phi) is 1.10. The molecule has 0 aliphatic carbocycles. The van der Waals surface area contributed by atoms with E-state index in [0.717, 1.165) is 0 Å². The van der Waals surface area contributed by atoms with Crippen molar-refractivity contribution in [3.8, 4) is 0 Å². The van der Waals surface area contributed by atoms with E-state index in [-0.39, 0.29) is 0 Å². The quantitative estimate of drug-likeness (QED) is 0.584. The first kappa shape index (κ1) is 4.77. The molecule has 0 atom stereocenters. The summed E-state index contributed by atoms with van der Waals surface area (Å²) in [6, 6.07) is 0. The van der Waals surface area contributed by atoms with Crippen LogP contribution in [0, 0.1) is 6.14 Å². The highest BCUT2D eigenvalue weighted by molar-refractivity contribution is 9.10. The van der Waals surface area contributed by atoms with Crippen molar-refractivity contribution in [3.05, 3.63) is 17.0 Å². The molecule has 2 nitrogen and oxygen atoms in total. The molecule has 0 spiro atoms. The number of nitrogens with zero attached hydrogens (tertiary/aromatic N) is 1. The highest BCUT2D eigenvalue weighted by Gasteiger charge is 1.94. The van der Waals surface area contributed by atoms with Crippen molar-refractivity contribution in [1.29, 1.82) is 0 Å². The van der Waals surface area contributed by atoms with E-state index in [4.69, 9.17) is 0 Å². The molecule has 0 N–H and O–H groups in total. The van der Waals surface area contributed by atoms with Crippen molar-refractivity contribution >= 4 is 15.9 Å². The van der Waals surface area contributed by atoms with Crippen LogP contribution in [0.15, 0.2) is 15.3 Å². The van der Waals surface area contributed by atoms with Gasteiger partial charge in [-0.05, 0) is 15.9 Å². The number of hydrogen-bond donors (Lipinski definition) is 0. The van der Waals surface area contributed by atoms with Gasteiger partial charge in [-0.1, -0.05) is 0 Å². The van der Waals surface area contributed by atoms with Crippen LogP contribution >= 0.6 is 15.9 Å². The zero-order valence-electron chi connectivity index (χ0n) is 3.19. The van der Waals surface area contributed by atoms with Crippen LogP contribution in [-0.2, 0) is 0 Å². The van der Waals surface area contributed by atoms with Gasteiger partial charge < -0.3 is 4.42 Å². The molecule has 0 fully saturated rings. The lowest BCUT2D eigenvalue weighted by Crippen LogP contribution is -1.64. The lowest BCUT2D eigenvalue weighted by atomic mass is 11.0. The van der Waals surface area contributed by atoms with E-state index in [2.05, 4.69) is 25.3 Å². The largest absolute Gasteiger partial charge is 0.422 e. The maximum absolute atomic E-state index is 11.6. The topological polar surface area (TPSA) is 26.0 Å². The van der Waals surface area contributed by atoms with Crippen LogP contribution in [0.5, 0.6) is 0 Å². The van der Waals surface area contributed by atoms with E-state index in [9.17, 15) is 4.39 Å². The van der Waals surface area contributed by atoms with Gasteiger partial charge in [-0.2, -0.15) is 4.98 Å². The van der Waals surface area contributed by atoms with Crippen molar-refractivity contribution in [2.24, 2.45) is 0 Å². The van der Waals surface area contributed by atoms with Crippen LogP contribution < -0.4 is 0 Å². The molecule has 7 heavy (non-hydrogen) atoms. The van der Waals surface area contributed by atoms with Crippen molar-refractivity contribution in [2.75, 3.05) is 0 Å². The molecule has 0 aliphatic rings. The Morgan fingerprint density at radius 2 is 2.57 bits per heavy atom. The summed E-state index contributed by atoms with van der Waals surface area (Å²) in [7, 11) is 0. The first-order chi connectivity index (χ1) is 3.29. The van der Waals surface area contributed by atoms with Crippen LogP contribution in [0.3, 0.4) is 0 Å². The second kappa shape index (κ2) is 1.61. The Morgan fingerprint density at radius 1 is 1.86 bits per heavy atom. The Morgan fingerprint density at radius 3 is 2.71 bits per heavy atom. The molecule has 1 rings (SSSR count). The fourth-order valence-electron chi connectivity index (χ4n) is 0.234. The Hall–Kier alpha value is -0.380. The second-order valence-corrected chi connectivity index (χ2v) is 1.74. The number of halogens is 2. The molecule has 1 aromatic heterocycles. The van der Waals surface area contributed by atoms with Gasteiger partial charge in [-0.25, -0.2) is 0 Å². The molecule has 0 saturated carbocycles. The van der Waals surface area contributed by atoms with Crippen molar-refractivity contribution < 1.29 is 8.81 Å². The van der Waals surface area contributed by atoms with Crippen LogP contribution in [0.4, 0.5) is 4.39 Å². The summed E-state index contributed by atoms with van der Waals surface area (Å²) in [4.78, 5) is 3.19. The predicted molar refractivity (Wildman–Crippen MR) is 24.2 cm³/mol. The minimum absolute atomic E-state index is 0.380. The van der Waals surface area contributed by atoms with E-state index in [1.807, 2.05) is 0 Å². The predicted octanol–water partition coefficient (Wildman–Crippen LogP) is 1.58. The standard InChI is InChI=1S/C3HBrFNO/c4-2-1-7-3(5)6-2/h1H. The van der Waals surface area contributed by atoms with Gasteiger partial charge in [0, 0.05) is 0 Å². The Balaban J connectivity index is 3.04. The molecule has 0 saturated heterocycles. The summed E-state index contributed by atoms with van der Waals surface area (Å²) in [5.74, 6) is 0. The average molecular weight is 166 g/mol. The maximum atomic E-state index is 11.6. The molecular weight excluding hydrogens is 165 g/mol. The summed E-state index contributed by atoms with van der Waals surface area (Å²) < 4.78 is 16.1. The van der Waals surface area contributed by atoms with Gasteiger partial charge in [0.05, 0.1) is 0 Å². The Labute approximate surface area is 47.5 Å². The molecular formula is C3HBrFNO. The SMILES string of the molecule is Fc1nc(Br)co1. The van der Waals surface area contributed by atoms with Crippen LogP contribution in [0.1, 0.15) is 0 Å². The van der Waals surface area contributed by atoms with Crippen LogP contribution in [0.2, 0.25) is 0 Å². The first-order valence-corrected chi connectivity index (χ1v) is 2.35. The Bertz CT molecular complexity index is 147. The van der Waals surface area contributed by atoms with Gasteiger partial charge >= 0.3 is 6.14 Å². The third-order valence-corrected chi connectivity index (χ3v) is 0.812. The molecule has 1 heterocycles. The average Bonchev–Trinajstić information content (AvgIpc) is 1.87. The van der Waals surface area contributed by atoms with Crippen molar-refractivity contribution in [3.63, 3.8) is 0 Å². The second-order valence-electron chi connectivity index (χ2n) is 0.923. The molecule has 4 heteroatoms. The van der Waals surface area contributed by atoms with Gasteiger partial charge in [-0.15, -0.1) is 4.39 Å². The highest BCUT2D eigenvalue weighted by atomic mass is 79.9. The van der Waals surface area contributed by atoms with E-state index in [1.54, 1.807) is 0 Å². The van der Waals surface area contributed by atoms with E-state index in [1.165, 1.54) is 6.26 Å². The molecule has 0 amide bonds. The van der Waals surface area contributed by atoms with Crippen molar-refractivity contribution in [1.82, 2.24) is 4.98 Å². The van der Waals surface area contributed by atoms with Crippen molar-refractivity contribution in [2.45, 2.75) is 0 Å². The van der Waals surface area contributed by atoms with Crippen LogP contribution in [0.25, 0.3) is 0 Å². The molecule has 0 aliphatic heterocycles. The van der Waals surface area contributed by atoms with Crippen LogP contribution in [-0.4, -0.2) is 4.98 Å². The monoisotopic (exact) mass is 165 g/mol. The summed E-state index contributed by atoms with van der Waals surface area (Å²) in [5.41, 5.74) is 0. The molecule has 0 unspecified atom stereocenters. The molecule has 1 aromatic rings. The lowest BCUT2D eigenvalue weighted by Gasteiger charge is -1.62. The highest BCUT2D eigenvalue weighted by Crippen LogP contribution is 2.05. The first-order valence-electron chi connectivity index (χ1n) is 1.55. The number of hydrogen-bond acceptors (Lipinski definition) is 2. The molecule has 0 aromatic carbocycles. The third kappa shape index (κ3) is 0.991. The smallest absolute Gasteiger partial charge is 0.382 e. The normalized spacial score (nSPS) is 9.43. The van der Waals surface area contributed by atoms with Gasteiger partial charge in [0.1, 0.15) is 10.9 Å². The zero-order valence-corrected chi connectivity index (χ0v) is 4.77. The van der Waals surface area contributed by atoms with Gasteiger partial charge in [-0.3, -0.25) is 0 Å². The minimum Gasteiger partial charge on any atom is -0.422 e. The van der Waals surface area contributed by atoms with E-state index < -0.39 is 6.14 Å². The fourth-order valence-corrected chi connectivity index (χ4v) is 0.467. The maximum Gasteiger partial charge on any atom is 0.382 e. The molecule has 38 valence electrons. The van der Waals surface area contributed by atoms with Gasteiger partial charge in [0.15, 0.2) is 0 Å². The fraction of sp³-hybridized carbons (Fsp3) is 0. The zero-order chi connectivity index (χ0) is 5.28. The summed E-state index contributed by atoms with van der Waals surface area (Å²) in [6.45, 7) is 0. The number of oxazole rings is 1. The lowest BCUT2D eigenvalue weighted by molar-refractivity contribution is 0.336. The summed E-state index contributed by atoms with van der Waals surface area (Å²) in [6.07, 6.45) is 0.363.